The molecule has 1 aromatic rings. The van der Waals surface area contributed by atoms with Gasteiger partial charge in [-0.1, -0.05) is 6.92 Å². The third kappa shape index (κ3) is 3.80. The third-order valence-electron chi connectivity index (χ3n) is 5.33. The second-order valence-electron chi connectivity index (χ2n) is 7.08. The molecule has 3 rings (SSSR count). The number of nitrogens with two attached hydrogens (primary N) is 1. The van der Waals surface area contributed by atoms with Gasteiger partial charge in [-0.3, -0.25) is 9.69 Å². The zero-order chi connectivity index (χ0) is 16.4. The summed E-state index contributed by atoms with van der Waals surface area (Å²) in [5, 5.41) is 0. The summed E-state index contributed by atoms with van der Waals surface area (Å²) in [7, 11) is 1.96. The Morgan fingerprint density at radius 2 is 2.13 bits per heavy atom. The molecule has 6 heteroatoms. The first-order chi connectivity index (χ1) is 11.0. The summed E-state index contributed by atoms with van der Waals surface area (Å²) in [5.74, 6) is 1.33. The number of carbonyl (C=O) groups is 1. The topological polar surface area (TPSA) is 75.4 Å². The highest BCUT2D eigenvalue weighted by Crippen LogP contribution is 2.26. The number of aromatic nitrogens is 2. The van der Waals surface area contributed by atoms with Crippen LogP contribution in [-0.2, 0) is 17.8 Å². The first-order valence-electron chi connectivity index (χ1n) is 8.61. The molecule has 1 fully saturated rings. The quantitative estimate of drug-likeness (QED) is 0.913. The van der Waals surface area contributed by atoms with Gasteiger partial charge in [0.2, 0.25) is 11.9 Å². The normalized spacial score (nSPS) is 25.0. The molecule has 2 aliphatic rings. The predicted octanol–water partition coefficient (Wildman–Crippen LogP) is 1.45. The molecule has 0 atom stereocenters. The molecule has 1 saturated carbocycles. The molecule has 6 nitrogen and oxygen atoms in total. The van der Waals surface area contributed by atoms with Crippen molar-refractivity contribution in [2.45, 2.75) is 51.6 Å². The number of hydrogen-bond acceptors (Lipinski definition) is 5. The number of hydrogen-bond donors (Lipinski definition) is 1. The maximum Gasteiger partial charge on any atom is 0.236 e. The summed E-state index contributed by atoms with van der Waals surface area (Å²) in [6.07, 6.45) is 7.43. The lowest BCUT2D eigenvalue weighted by molar-refractivity contribution is -0.134. The maximum absolute atomic E-state index is 12.6. The van der Waals surface area contributed by atoms with Crippen LogP contribution in [0.5, 0.6) is 0 Å². The summed E-state index contributed by atoms with van der Waals surface area (Å²) in [6, 6.07) is 0.411. The number of likely N-dealkylation sites (N-methyl/N-ethyl adjacent to an activating group) is 1. The number of amides is 1. The Labute approximate surface area is 138 Å². The fraction of sp³-hybridized carbons (Fsp3) is 0.706. The lowest BCUT2D eigenvalue weighted by Gasteiger charge is -2.35. The van der Waals surface area contributed by atoms with E-state index in [1.807, 2.05) is 18.1 Å². The Hall–Kier alpha value is -1.69. The van der Waals surface area contributed by atoms with Gasteiger partial charge >= 0.3 is 0 Å². The smallest absolute Gasteiger partial charge is 0.236 e. The second kappa shape index (κ2) is 6.83. The zero-order valence-corrected chi connectivity index (χ0v) is 14.2. The Kier molecular flexibility index (Phi) is 4.80. The van der Waals surface area contributed by atoms with Gasteiger partial charge in [-0.2, -0.15) is 0 Å². The number of carbonyl (C=O) groups excluding carboxylic acids is 1. The van der Waals surface area contributed by atoms with E-state index in [2.05, 4.69) is 21.8 Å². The summed E-state index contributed by atoms with van der Waals surface area (Å²) in [5.41, 5.74) is 7.78. The van der Waals surface area contributed by atoms with Gasteiger partial charge in [0, 0.05) is 32.4 Å². The zero-order valence-electron chi connectivity index (χ0n) is 14.2. The first-order valence-corrected chi connectivity index (χ1v) is 8.61. The molecule has 0 aromatic carbocycles. The molecule has 126 valence electrons. The van der Waals surface area contributed by atoms with Gasteiger partial charge in [-0.05, 0) is 43.6 Å². The average molecular weight is 317 g/mol. The highest BCUT2D eigenvalue weighted by Gasteiger charge is 2.27. The minimum absolute atomic E-state index is 0.218. The molecular weight excluding hydrogens is 290 g/mol. The molecule has 0 radical (unpaired) electrons. The minimum atomic E-state index is 0.218. The summed E-state index contributed by atoms with van der Waals surface area (Å²) in [6.45, 7) is 4.33. The molecule has 1 aliphatic heterocycles. The van der Waals surface area contributed by atoms with Gasteiger partial charge in [0.15, 0.2) is 0 Å². The van der Waals surface area contributed by atoms with E-state index in [-0.39, 0.29) is 5.91 Å². The van der Waals surface area contributed by atoms with E-state index in [9.17, 15) is 4.79 Å². The van der Waals surface area contributed by atoms with Crippen LogP contribution >= 0.6 is 0 Å². The van der Waals surface area contributed by atoms with Crippen molar-refractivity contribution in [2.75, 3.05) is 25.9 Å². The fourth-order valence-electron chi connectivity index (χ4n) is 3.64. The van der Waals surface area contributed by atoms with Crippen molar-refractivity contribution < 1.29 is 4.79 Å². The van der Waals surface area contributed by atoms with Crippen molar-refractivity contribution in [1.82, 2.24) is 19.8 Å². The van der Waals surface area contributed by atoms with E-state index in [0.717, 1.165) is 43.0 Å². The Bertz CT molecular complexity index is 568. The standard InChI is InChI=1S/C17H27N5O/c1-12-3-5-14(6-4-12)21(2)16(23)11-22-8-7-13-9-19-17(18)20-15(13)10-22/h9,12,14H,3-8,10-11H2,1-2H3,(H2,18,19,20). The van der Waals surface area contributed by atoms with Crippen LogP contribution in [0, 0.1) is 5.92 Å². The van der Waals surface area contributed by atoms with Crippen molar-refractivity contribution in [3.8, 4) is 0 Å². The lowest BCUT2D eigenvalue weighted by Crippen LogP contribution is -2.45. The summed E-state index contributed by atoms with van der Waals surface area (Å²) >= 11 is 0. The second-order valence-corrected chi connectivity index (χ2v) is 7.08. The molecule has 0 bridgehead atoms. The van der Waals surface area contributed by atoms with Crippen LogP contribution < -0.4 is 5.73 Å². The highest BCUT2D eigenvalue weighted by molar-refractivity contribution is 5.78. The molecular formula is C17H27N5O. The van der Waals surface area contributed by atoms with Crippen LogP contribution in [-0.4, -0.2) is 51.9 Å². The van der Waals surface area contributed by atoms with Gasteiger partial charge in [0.25, 0.3) is 0 Å². The van der Waals surface area contributed by atoms with Crippen molar-refractivity contribution in [2.24, 2.45) is 5.92 Å². The molecule has 2 N–H and O–H groups in total. The van der Waals surface area contributed by atoms with Gasteiger partial charge in [-0.15, -0.1) is 0 Å². The van der Waals surface area contributed by atoms with Crippen molar-refractivity contribution in [3.63, 3.8) is 0 Å². The average Bonchev–Trinajstić information content (AvgIpc) is 2.54. The van der Waals surface area contributed by atoms with Gasteiger partial charge in [-0.25, -0.2) is 9.97 Å². The van der Waals surface area contributed by atoms with Gasteiger partial charge in [0.05, 0.1) is 12.2 Å². The van der Waals surface area contributed by atoms with Crippen molar-refractivity contribution in [3.05, 3.63) is 17.5 Å². The number of rotatable bonds is 3. The van der Waals surface area contributed by atoms with Gasteiger partial charge in [0.1, 0.15) is 0 Å². The van der Waals surface area contributed by atoms with E-state index in [1.165, 1.54) is 12.8 Å². The number of nitrogens with zero attached hydrogens (tertiary/aromatic N) is 4. The summed E-state index contributed by atoms with van der Waals surface area (Å²) in [4.78, 5) is 25.1. The predicted molar refractivity (Wildman–Crippen MR) is 89.6 cm³/mol. The van der Waals surface area contributed by atoms with Crippen molar-refractivity contribution in [1.29, 1.82) is 0 Å². The Balaban J connectivity index is 1.56. The first kappa shape index (κ1) is 16.2. The van der Waals surface area contributed by atoms with Crippen LogP contribution in [0.4, 0.5) is 5.95 Å². The van der Waals surface area contributed by atoms with Crippen LogP contribution in [0.3, 0.4) is 0 Å². The Morgan fingerprint density at radius 3 is 2.87 bits per heavy atom. The molecule has 23 heavy (non-hydrogen) atoms. The van der Waals surface area contributed by atoms with E-state index in [4.69, 9.17) is 5.73 Å². The van der Waals surface area contributed by atoms with Crippen LogP contribution in [0.1, 0.15) is 43.9 Å². The maximum atomic E-state index is 12.6. The largest absolute Gasteiger partial charge is 0.368 e. The Morgan fingerprint density at radius 1 is 1.39 bits per heavy atom. The van der Waals surface area contributed by atoms with Crippen LogP contribution in [0.25, 0.3) is 0 Å². The van der Waals surface area contributed by atoms with Crippen LogP contribution in [0.2, 0.25) is 0 Å². The SMILES string of the molecule is CC1CCC(N(C)C(=O)CN2CCc3cnc(N)nc3C2)CC1. The number of fused-ring (bicyclic) bond motifs is 1. The molecule has 1 aliphatic carbocycles. The van der Waals surface area contributed by atoms with E-state index in [1.54, 1.807) is 0 Å². The monoisotopic (exact) mass is 317 g/mol. The number of nitrogen functional groups attached to an aromatic ring is 1. The third-order valence-corrected chi connectivity index (χ3v) is 5.33. The van der Waals surface area contributed by atoms with E-state index < -0.39 is 0 Å². The number of anilines is 1. The molecule has 0 unspecified atom stereocenters. The fourth-order valence-corrected chi connectivity index (χ4v) is 3.64. The van der Waals surface area contributed by atoms with E-state index >= 15 is 0 Å². The highest BCUT2D eigenvalue weighted by atomic mass is 16.2. The van der Waals surface area contributed by atoms with Crippen molar-refractivity contribution >= 4 is 11.9 Å². The lowest BCUT2D eigenvalue weighted by atomic mass is 9.87. The van der Waals surface area contributed by atoms with Crippen LogP contribution in [0.15, 0.2) is 6.20 Å². The molecule has 1 amide bonds. The van der Waals surface area contributed by atoms with E-state index in [0.29, 0.717) is 25.1 Å². The molecule has 0 spiro atoms. The molecule has 2 heterocycles. The molecule has 1 aromatic heterocycles. The summed E-state index contributed by atoms with van der Waals surface area (Å²) < 4.78 is 0. The minimum Gasteiger partial charge on any atom is -0.368 e. The molecule has 0 saturated heterocycles. The van der Waals surface area contributed by atoms with Gasteiger partial charge < -0.3 is 10.6 Å².